The molecule has 2 N–H and O–H groups in total. The number of carbonyl (C=O) groups is 3. The molecule has 1 saturated heterocycles. The number of allylic oxidation sites excluding steroid dienone is 3. The third-order valence-corrected chi connectivity index (χ3v) is 6.72. The molecule has 1 fully saturated rings. The van der Waals surface area contributed by atoms with Gasteiger partial charge in [-0.25, -0.2) is 0 Å². The second kappa shape index (κ2) is 9.79. The summed E-state index contributed by atoms with van der Waals surface area (Å²) in [5.41, 5.74) is 2.01. The number of carbonyl (C=O) groups excluding carboxylic acids is 3. The average Bonchev–Trinajstić information content (AvgIpc) is 3.31. The van der Waals surface area contributed by atoms with E-state index in [-0.39, 0.29) is 34.1 Å². The van der Waals surface area contributed by atoms with Crippen LogP contribution in [0.3, 0.4) is 0 Å². The summed E-state index contributed by atoms with van der Waals surface area (Å²) in [6, 6.07) is 6.72. The van der Waals surface area contributed by atoms with Crippen LogP contribution in [0.1, 0.15) is 52.8 Å². The number of hydrogen-bond acceptors (Lipinski definition) is 5. The van der Waals surface area contributed by atoms with E-state index in [0.717, 1.165) is 38.0 Å². The minimum Gasteiger partial charge on any atom is -0.377 e. The van der Waals surface area contributed by atoms with Gasteiger partial charge in [-0.05, 0) is 45.2 Å². The van der Waals surface area contributed by atoms with Crippen LogP contribution >= 0.6 is 11.6 Å². The third kappa shape index (κ3) is 4.91. The second-order valence-corrected chi connectivity index (χ2v) is 8.80. The number of nitrogens with zero attached hydrogens (tertiary/aromatic N) is 1. The van der Waals surface area contributed by atoms with E-state index < -0.39 is 0 Å². The molecule has 1 aromatic rings. The number of rotatable bonds is 7. The number of ketones is 2. The van der Waals surface area contributed by atoms with Crippen molar-refractivity contribution >= 4 is 29.1 Å². The van der Waals surface area contributed by atoms with E-state index in [0.29, 0.717) is 30.6 Å². The van der Waals surface area contributed by atoms with Gasteiger partial charge in [0.05, 0.1) is 0 Å². The summed E-state index contributed by atoms with van der Waals surface area (Å²) in [7, 11) is 0. The van der Waals surface area contributed by atoms with Crippen LogP contribution in [-0.4, -0.2) is 55.1 Å². The molecular formula is C24H28ClN3O3. The van der Waals surface area contributed by atoms with Crippen LogP contribution in [0.4, 0.5) is 0 Å². The molecule has 1 aliphatic heterocycles. The lowest BCUT2D eigenvalue weighted by Crippen LogP contribution is -2.37. The first-order chi connectivity index (χ1) is 15.0. The highest BCUT2D eigenvalue weighted by Gasteiger charge is 2.31. The van der Waals surface area contributed by atoms with Crippen molar-refractivity contribution in [3.63, 3.8) is 0 Å². The number of Topliss-reactive ketones (excluding diaryl/α,β-unsaturated/α-hetero) is 2. The quantitative estimate of drug-likeness (QED) is 0.636. The Balaban J connectivity index is 1.28. The summed E-state index contributed by atoms with van der Waals surface area (Å²) in [6.45, 7) is 4.35. The number of halogens is 1. The predicted octanol–water partition coefficient (Wildman–Crippen LogP) is 3.04. The summed E-state index contributed by atoms with van der Waals surface area (Å²) in [6.07, 6.45) is 6.83. The zero-order chi connectivity index (χ0) is 21.8. The molecule has 0 radical (unpaired) electrons. The Labute approximate surface area is 187 Å². The van der Waals surface area contributed by atoms with E-state index >= 15 is 0 Å². The minimum absolute atomic E-state index is 0.00472. The van der Waals surface area contributed by atoms with Crippen LogP contribution in [0.15, 0.2) is 46.6 Å². The molecule has 0 bridgehead atoms. The number of amides is 1. The first-order valence-corrected chi connectivity index (χ1v) is 11.4. The number of likely N-dealkylation sites (tertiary alicyclic amines) is 1. The molecule has 164 valence electrons. The van der Waals surface area contributed by atoms with Gasteiger partial charge in [-0.2, -0.15) is 0 Å². The first kappa shape index (κ1) is 21.8. The first-order valence-electron chi connectivity index (χ1n) is 11.0. The van der Waals surface area contributed by atoms with E-state index in [1.165, 1.54) is 12.8 Å². The highest BCUT2D eigenvalue weighted by molar-refractivity contribution is 6.49. The zero-order valence-corrected chi connectivity index (χ0v) is 18.3. The van der Waals surface area contributed by atoms with Crippen LogP contribution in [0.5, 0.6) is 0 Å². The van der Waals surface area contributed by atoms with E-state index in [2.05, 4.69) is 21.6 Å². The predicted molar refractivity (Wildman–Crippen MR) is 120 cm³/mol. The van der Waals surface area contributed by atoms with Gasteiger partial charge < -0.3 is 15.5 Å². The van der Waals surface area contributed by atoms with Gasteiger partial charge in [0.25, 0.3) is 0 Å². The highest BCUT2D eigenvalue weighted by atomic mass is 35.5. The molecule has 1 heterocycles. The Bertz CT molecular complexity index is 947. The third-order valence-electron chi connectivity index (χ3n) is 6.36. The fourth-order valence-corrected chi connectivity index (χ4v) is 4.73. The van der Waals surface area contributed by atoms with Crippen LogP contribution in [-0.2, 0) is 4.79 Å². The monoisotopic (exact) mass is 441 g/mol. The zero-order valence-electron chi connectivity index (χ0n) is 17.6. The van der Waals surface area contributed by atoms with Crippen molar-refractivity contribution in [1.82, 2.24) is 15.5 Å². The van der Waals surface area contributed by atoms with Crippen molar-refractivity contribution in [3.8, 4) is 0 Å². The molecule has 1 unspecified atom stereocenters. The summed E-state index contributed by atoms with van der Waals surface area (Å²) < 4.78 is 0. The Kier molecular flexibility index (Phi) is 6.88. The lowest BCUT2D eigenvalue weighted by molar-refractivity contribution is -0.125. The Morgan fingerprint density at radius 2 is 1.81 bits per heavy atom. The fourth-order valence-electron chi connectivity index (χ4n) is 4.48. The van der Waals surface area contributed by atoms with Crippen LogP contribution in [0, 0.1) is 5.92 Å². The summed E-state index contributed by atoms with van der Waals surface area (Å²) in [5.74, 6) is -0.470. The highest BCUT2D eigenvalue weighted by Crippen LogP contribution is 2.28. The van der Waals surface area contributed by atoms with Gasteiger partial charge in [0.15, 0.2) is 0 Å². The number of fused-ring (bicyclic) bond motifs is 1. The van der Waals surface area contributed by atoms with Crippen LogP contribution in [0.2, 0.25) is 0 Å². The molecule has 2 aliphatic carbocycles. The van der Waals surface area contributed by atoms with Gasteiger partial charge in [0, 0.05) is 36.7 Å². The summed E-state index contributed by atoms with van der Waals surface area (Å²) >= 11 is 6.20. The Hall–Kier alpha value is -2.44. The summed E-state index contributed by atoms with van der Waals surface area (Å²) in [5, 5.41) is 6.09. The molecule has 0 spiro atoms. The van der Waals surface area contributed by atoms with Crippen molar-refractivity contribution in [2.75, 3.05) is 32.7 Å². The molecule has 7 heteroatoms. The van der Waals surface area contributed by atoms with Crippen molar-refractivity contribution in [2.24, 2.45) is 5.92 Å². The number of hydrogen-bond donors (Lipinski definition) is 2. The molecule has 1 amide bonds. The number of nitrogens with one attached hydrogen (secondary N) is 2. The van der Waals surface area contributed by atoms with E-state index in [9.17, 15) is 14.4 Å². The van der Waals surface area contributed by atoms with Gasteiger partial charge in [-0.3, -0.25) is 14.4 Å². The molecule has 1 aromatic carbocycles. The molecule has 3 aliphatic rings. The standard InChI is InChI=1S/C24H28ClN3O3/c25-20-21(23(30)19-6-2-1-5-18(19)22(20)29)27-15-16-7-9-17(10-8-16)24(31)26-11-14-28-12-3-4-13-28/h1-2,5-7,17,27H,3-4,8-15H2,(H,26,31). The smallest absolute Gasteiger partial charge is 0.223 e. The van der Waals surface area contributed by atoms with Crippen molar-refractivity contribution in [1.29, 1.82) is 0 Å². The van der Waals surface area contributed by atoms with Gasteiger partial charge in [-0.15, -0.1) is 0 Å². The maximum Gasteiger partial charge on any atom is 0.223 e. The Morgan fingerprint density at radius 1 is 1.10 bits per heavy atom. The van der Waals surface area contributed by atoms with Gasteiger partial charge in [0.1, 0.15) is 10.7 Å². The van der Waals surface area contributed by atoms with E-state index in [1.807, 2.05) is 0 Å². The normalized spacial score (nSPS) is 21.7. The van der Waals surface area contributed by atoms with Crippen molar-refractivity contribution in [3.05, 3.63) is 57.8 Å². The SMILES string of the molecule is O=C1C(Cl)=C(NCC2=CCC(C(=O)NCCN3CCCC3)CC2)C(=O)c2ccccc21. The van der Waals surface area contributed by atoms with Gasteiger partial charge >= 0.3 is 0 Å². The molecule has 4 rings (SSSR count). The lowest BCUT2D eigenvalue weighted by Gasteiger charge is -2.24. The summed E-state index contributed by atoms with van der Waals surface area (Å²) in [4.78, 5) is 40.0. The van der Waals surface area contributed by atoms with Crippen LogP contribution < -0.4 is 10.6 Å². The average molecular weight is 442 g/mol. The molecule has 31 heavy (non-hydrogen) atoms. The topological polar surface area (TPSA) is 78.5 Å². The van der Waals surface area contributed by atoms with E-state index in [4.69, 9.17) is 11.6 Å². The molecule has 1 atom stereocenters. The maximum absolute atomic E-state index is 12.7. The molecule has 6 nitrogen and oxygen atoms in total. The van der Waals surface area contributed by atoms with Gasteiger partial charge in [-0.1, -0.05) is 47.5 Å². The van der Waals surface area contributed by atoms with Gasteiger partial charge in [0.2, 0.25) is 17.5 Å². The van der Waals surface area contributed by atoms with Crippen LogP contribution in [0.25, 0.3) is 0 Å². The fraction of sp³-hybridized carbons (Fsp3) is 0.458. The number of benzene rings is 1. The molecule has 0 saturated carbocycles. The second-order valence-electron chi connectivity index (χ2n) is 8.42. The van der Waals surface area contributed by atoms with Crippen molar-refractivity contribution < 1.29 is 14.4 Å². The molecule has 0 aromatic heterocycles. The van der Waals surface area contributed by atoms with E-state index in [1.54, 1.807) is 24.3 Å². The Morgan fingerprint density at radius 3 is 2.48 bits per heavy atom. The maximum atomic E-state index is 12.7. The molecular weight excluding hydrogens is 414 g/mol. The minimum atomic E-state index is -0.331. The lowest BCUT2D eigenvalue weighted by atomic mass is 9.88. The van der Waals surface area contributed by atoms with Crippen molar-refractivity contribution in [2.45, 2.75) is 32.1 Å². The largest absolute Gasteiger partial charge is 0.377 e.